The predicted molar refractivity (Wildman–Crippen MR) is 68.9 cm³/mol. The Morgan fingerprint density at radius 3 is 2.21 bits per heavy atom. The standard InChI is InChI=1S/C15H8ClF3/c16-14-9-8-13(15(17,18)19)10-12(14)7-6-11-4-2-1-3-5-11/h1-5,8-10H. The minimum atomic E-state index is -4.40. The molecule has 0 aliphatic heterocycles. The highest BCUT2D eigenvalue weighted by Gasteiger charge is 2.30. The minimum absolute atomic E-state index is 0.167. The van der Waals surface area contributed by atoms with E-state index < -0.39 is 11.7 Å². The molecule has 0 amide bonds. The maximum absolute atomic E-state index is 12.6. The molecule has 2 rings (SSSR count). The van der Waals surface area contributed by atoms with E-state index in [0.717, 1.165) is 17.7 Å². The largest absolute Gasteiger partial charge is 0.416 e. The van der Waals surface area contributed by atoms with Crippen LogP contribution in [0.3, 0.4) is 0 Å². The molecule has 0 unspecified atom stereocenters. The van der Waals surface area contributed by atoms with Gasteiger partial charge in [0.1, 0.15) is 0 Å². The molecular formula is C15H8ClF3. The zero-order valence-electron chi connectivity index (χ0n) is 9.63. The fraction of sp³-hybridized carbons (Fsp3) is 0.0667. The Labute approximate surface area is 113 Å². The quantitative estimate of drug-likeness (QED) is 0.611. The smallest absolute Gasteiger partial charge is 0.166 e. The van der Waals surface area contributed by atoms with E-state index in [4.69, 9.17) is 11.6 Å². The maximum Gasteiger partial charge on any atom is 0.416 e. The number of hydrogen-bond donors (Lipinski definition) is 0. The lowest BCUT2D eigenvalue weighted by Crippen LogP contribution is -2.04. The molecule has 0 fully saturated rings. The second kappa shape index (κ2) is 5.38. The first-order chi connectivity index (χ1) is 8.97. The summed E-state index contributed by atoms with van der Waals surface area (Å²) in [4.78, 5) is 0. The van der Waals surface area contributed by atoms with Crippen LogP contribution in [-0.2, 0) is 6.18 Å². The highest BCUT2D eigenvalue weighted by atomic mass is 35.5. The van der Waals surface area contributed by atoms with Gasteiger partial charge in [-0.3, -0.25) is 0 Å². The van der Waals surface area contributed by atoms with Crippen LogP contribution in [-0.4, -0.2) is 0 Å². The molecule has 0 N–H and O–H groups in total. The van der Waals surface area contributed by atoms with Crippen LogP contribution >= 0.6 is 11.6 Å². The SMILES string of the molecule is FC(F)(F)c1ccc(Cl)c(C#Cc2ccccc2)c1. The van der Waals surface area contributed by atoms with Crippen molar-refractivity contribution in [2.24, 2.45) is 0 Å². The number of benzene rings is 2. The van der Waals surface area contributed by atoms with Gasteiger partial charge in [-0.1, -0.05) is 41.6 Å². The predicted octanol–water partition coefficient (Wildman–Crippen LogP) is 4.76. The lowest BCUT2D eigenvalue weighted by Gasteiger charge is -2.07. The van der Waals surface area contributed by atoms with Crippen molar-refractivity contribution >= 4 is 11.6 Å². The minimum Gasteiger partial charge on any atom is -0.166 e. The lowest BCUT2D eigenvalue weighted by atomic mass is 10.1. The third-order valence-corrected chi connectivity index (χ3v) is 2.74. The van der Waals surface area contributed by atoms with Crippen LogP contribution < -0.4 is 0 Å². The summed E-state index contributed by atoms with van der Waals surface area (Å²) < 4.78 is 37.7. The summed E-state index contributed by atoms with van der Waals surface area (Å²) in [6, 6.07) is 12.1. The summed E-state index contributed by atoms with van der Waals surface area (Å²) in [5.74, 6) is 5.44. The van der Waals surface area contributed by atoms with Gasteiger partial charge < -0.3 is 0 Å². The highest BCUT2D eigenvalue weighted by molar-refractivity contribution is 6.31. The van der Waals surface area contributed by atoms with Crippen molar-refractivity contribution in [2.45, 2.75) is 6.18 Å². The van der Waals surface area contributed by atoms with Crippen LogP contribution in [0, 0.1) is 11.8 Å². The van der Waals surface area contributed by atoms with Crippen LogP contribution in [0.5, 0.6) is 0 Å². The van der Waals surface area contributed by atoms with Gasteiger partial charge in [0.15, 0.2) is 0 Å². The maximum atomic E-state index is 12.6. The monoisotopic (exact) mass is 280 g/mol. The molecule has 0 radical (unpaired) electrons. The van der Waals surface area contributed by atoms with Crippen molar-refractivity contribution in [3.05, 3.63) is 70.2 Å². The van der Waals surface area contributed by atoms with E-state index in [0.29, 0.717) is 0 Å². The van der Waals surface area contributed by atoms with Crippen LogP contribution in [0.2, 0.25) is 5.02 Å². The summed E-state index contributed by atoms with van der Waals surface area (Å²) in [6.45, 7) is 0. The van der Waals surface area contributed by atoms with E-state index in [1.54, 1.807) is 24.3 Å². The molecular weight excluding hydrogens is 273 g/mol. The first-order valence-electron chi connectivity index (χ1n) is 5.40. The van der Waals surface area contributed by atoms with Gasteiger partial charge in [-0.15, -0.1) is 0 Å². The second-order valence-electron chi connectivity index (χ2n) is 3.81. The zero-order valence-corrected chi connectivity index (χ0v) is 10.4. The number of hydrogen-bond acceptors (Lipinski definition) is 0. The van der Waals surface area contributed by atoms with Crippen molar-refractivity contribution in [3.8, 4) is 11.8 Å². The first-order valence-corrected chi connectivity index (χ1v) is 5.78. The molecule has 0 saturated carbocycles. The fourth-order valence-electron chi connectivity index (χ4n) is 1.46. The van der Waals surface area contributed by atoms with Gasteiger partial charge in [-0.05, 0) is 30.3 Å². The van der Waals surface area contributed by atoms with Crippen molar-refractivity contribution in [1.29, 1.82) is 0 Å². The molecule has 0 aliphatic carbocycles. The van der Waals surface area contributed by atoms with Gasteiger partial charge in [-0.2, -0.15) is 13.2 Å². The van der Waals surface area contributed by atoms with Crippen LogP contribution in [0.4, 0.5) is 13.2 Å². The normalized spacial score (nSPS) is 10.7. The van der Waals surface area contributed by atoms with Crippen molar-refractivity contribution < 1.29 is 13.2 Å². The van der Waals surface area contributed by atoms with E-state index >= 15 is 0 Å². The molecule has 2 aromatic carbocycles. The molecule has 96 valence electrons. The topological polar surface area (TPSA) is 0 Å². The Kier molecular flexibility index (Phi) is 3.82. The Bertz CT molecular complexity index is 634. The molecule has 0 spiro atoms. The van der Waals surface area contributed by atoms with Gasteiger partial charge >= 0.3 is 6.18 Å². The van der Waals surface area contributed by atoms with Gasteiger partial charge in [0.05, 0.1) is 10.6 Å². The third kappa shape index (κ3) is 3.52. The first kappa shape index (κ1) is 13.5. The van der Waals surface area contributed by atoms with E-state index in [-0.39, 0.29) is 10.6 Å². The van der Waals surface area contributed by atoms with Crippen LogP contribution in [0.25, 0.3) is 0 Å². The zero-order chi connectivity index (χ0) is 13.9. The fourth-order valence-corrected chi connectivity index (χ4v) is 1.62. The Balaban J connectivity index is 2.38. The molecule has 0 heterocycles. The van der Waals surface area contributed by atoms with Crippen LogP contribution in [0.15, 0.2) is 48.5 Å². The molecule has 0 atom stereocenters. The van der Waals surface area contributed by atoms with Crippen molar-refractivity contribution in [1.82, 2.24) is 0 Å². The van der Waals surface area contributed by atoms with Crippen molar-refractivity contribution in [3.63, 3.8) is 0 Å². The van der Waals surface area contributed by atoms with E-state index in [9.17, 15) is 13.2 Å². The summed E-state index contributed by atoms with van der Waals surface area (Å²) in [6.07, 6.45) is -4.40. The van der Waals surface area contributed by atoms with Gasteiger partial charge in [0.25, 0.3) is 0 Å². The van der Waals surface area contributed by atoms with E-state index in [1.807, 2.05) is 6.07 Å². The summed E-state index contributed by atoms with van der Waals surface area (Å²) >= 11 is 5.84. The summed E-state index contributed by atoms with van der Waals surface area (Å²) in [5.41, 5.74) is 0.130. The van der Waals surface area contributed by atoms with Gasteiger partial charge in [0.2, 0.25) is 0 Å². The molecule has 4 heteroatoms. The van der Waals surface area contributed by atoms with Gasteiger partial charge in [0, 0.05) is 11.1 Å². The Morgan fingerprint density at radius 2 is 1.58 bits per heavy atom. The molecule has 0 aliphatic rings. The average molecular weight is 281 g/mol. The Hall–Kier alpha value is -1.92. The molecule has 0 saturated heterocycles. The summed E-state index contributed by atoms with van der Waals surface area (Å²) in [7, 11) is 0. The molecule has 0 bridgehead atoms. The number of halogens is 4. The molecule has 19 heavy (non-hydrogen) atoms. The van der Waals surface area contributed by atoms with E-state index in [1.165, 1.54) is 6.07 Å². The lowest BCUT2D eigenvalue weighted by molar-refractivity contribution is -0.137. The van der Waals surface area contributed by atoms with Crippen molar-refractivity contribution in [2.75, 3.05) is 0 Å². The second-order valence-corrected chi connectivity index (χ2v) is 4.22. The van der Waals surface area contributed by atoms with E-state index in [2.05, 4.69) is 11.8 Å². The molecule has 0 aromatic heterocycles. The highest BCUT2D eigenvalue weighted by Crippen LogP contribution is 2.31. The molecule has 0 nitrogen and oxygen atoms in total. The average Bonchev–Trinajstić information content (AvgIpc) is 2.37. The number of alkyl halides is 3. The van der Waals surface area contributed by atoms with Crippen LogP contribution in [0.1, 0.15) is 16.7 Å². The van der Waals surface area contributed by atoms with Gasteiger partial charge in [-0.25, -0.2) is 0 Å². The Morgan fingerprint density at radius 1 is 0.895 bits per heavy atom. The molecule has 2 aromatic rings. The number of rotatable bonds is 0. The third-order valence-electron chi connectivity index (χ3n) is 2.41. The summed E-state index contributed by atoms with van der Waals surface area (Å²) in [5, 5.41) is 0.205.